The normalized spacial score (nSPS) is 27.1. The van der Waals surface area contributed by atoms with Gasteiger partial charge in [0.15, 0.2) is 15.6 Å². The topological polar surface area (TPSA) is 91.1 Å². The summed E-state index contributed by atoms with van der Waals surface area (Å²) in [5, 5.41) is 9.05. The summed E-state index contributed by atoms with van der Waals surface area (Å²) in [6.45, 7) is 3.80. The number of rotatable bonds is 4. The van der Waals surface area contributed by atoms with Crippen LogP contribution in [-0.4, -0.2) is 72.5 Å². The summed E-state index contributed by atoms with van der Waals surface area (Å²) >= 11 is 0. The molecule has 8 heteroatoms. The second-order valence-electron chi connectivity index (χ2n) is 6.17. The van der Waals surface area contributed by atoms with Crippen LogP contribution in [0, 0.1) is 0 Å². The van der Waals surface area contributed by atoms with E-state index in [9.17, 15) is 13.2 Å². The number of piperazine rings is 1. The van der Waals surface area contributed by atoms with Crippen molar-refractivity contribution in [3.8, 4) is 0 Å². The molecule has 0 aliphatic carbocycles. The molecule has 3 rings (SSSR count). The van der Waals surface area contributed by atoms with Gasteiger partial charge in [-0.05, 0) is 25.1 Å². The summed E-state index contributed by atoms with van der Waals surface area (Å²) in [6.07, 6.45) is 0.954. The molecule has 2 aliphatic rings. The minimum absolute atomic E-state index is 0.0111. The van der Waals surface area contributed by atoms with Crippen molar-refractivity contribution in [2.75, 3.05) is 31.1 Å². The first kappa shape index (κ1) is 16.5. The minimum Gasteiger partial charge on any atom is -0.453 e. The van der Waals surface area contributed by atoms with Crippen LogP contribution in [0.15, 0.2) is 16.5 Å². The average Bonchev–Trinajstić information content (AvgIpc) is 3.10. The highest BCUT2D eigenvalue weighted by molar-refractivity contribution is 7.91. The number of nitrogens with zero attached hydrogens (tertiary/aromatic N) is 2. The first-order valence-electron chi connectivity index (χ1n) is 7.90. The number of furan rings is 1. The molecule has 2 saturated heterocycles. The van der Waals surface area contributed by atoms with Gasteiger partial charge in [0.25, 0.3) is 5.91 Å². The van der Waals surface area contributed by atoms with E-state index in [0.29, 0.717) is 18.8 Å². The zero-order chi connectivity index (χ0) is 16.6. The highest BCUT2D eigenvalue weighted by Gasteiger charge is 2.48. The number of sulfone groups is 1. The number of carbonyl (C=O) groups is 1. The molecule has 1 N–H and O–H groups in total. The lowest BCUT2D eigenvalue weighted by Crippen LogP contribution is -2.60. The first-order chi connectivity index (χ1) is 10.9. The van der Waals surface area contributed by atoms with Crippen LogP contribution >= 0.6 is 0 Å². The lowest BCUT2D eigenvalue weighted by Gasteiger charge is -2.43. The molecule has 23 heavy (non-hydrogen) atoms. The number of hydrogen-bond acceptors (Lipinski definition) is 6. The van der Waals surface area contributed by atoms with E-state index in [1.54, 1.807) is 11.0 Å². The summed E-state index contributed by atoms with van der Waals surface area (Å²) < 4.78 is 29.5. The molecule has 1 aromatic rings. The van der Waals surface area contributed by atoms with Crippen molar-refractivity contribution in [3.05, 3.63) is 23.7 Å². The van der Waals surface area contributed by atoms with Crippen LogP contribution in [0.1, 0.15) is 29.7 Å². The Morgan fingerprint density at radius 3 is 2.70 bits per heavy atom. The Bertz CT molecular complexity index is 684. The first-order valence-corrected chi connectivity index (χ1v) is 9.72. The highest BCUT2D eigenvalue weighted by Crippen LogP contribution is 2.28. The number of aliphatic hydroxyl groups excluding tert-OH is 1. The summed E-state index contributed by atoms with van der Waals surface area (Å²) in [6, 6.07) is 2.63. The van der Waals surface area contributed by atoms with E-state index in [2.05, 4.69) is 11.8 Å². The van der Waals surface area contributed by atoms with Gasteiger partial charge in [-0.2, -0.15) is 0 Å². The molecule has 0 spiro atoms. The third kappa shape index (κ3) is 3.15. The maximum Gasteiger partial charge on any atom is 0.289 e. The molecule has 2 atom stereocenters. The molecule has 128 valence electrons. The second-order valence-corrected chi connectivity index (χ2v) is 8.32. The van der Waals surface area contributed by atoms with E-state index in [1.807, 2.05) is 0 Å². The van der Waals surface area contributed by atoms with Gasteiger partial charge < -0.3 is 14.4 Å². The number of aliphatic hydroxyl groups is 1. The summed E-state index contributed by atoms with van der Waals surface area (Å²) in [4.78, 5) is 16.5. The van der Waals surface area contributed by atoms with E-state index < -0.39 is 9.84 Å². The van der Waals surface area contributed by atoms with Gasteiger partial charge in [0.1, 0.15) is 12.4 Å². The van der Waals surface area contributed by atoms with Crippen LogP contribution in [0.2, 0.25) is 0 Å². The van der Waals surface area contributed by atoms with E-state index in [0.717, 1.165) is 13.0 Å². The Labute approximate surface area is 135 Å². The molecule has 3 heterocycles. The molecular formula is C15H22N2O5S. The molecule has 0 aromatic carbocycles. The summed E-state index contributed by atoms with van der Waals surface area (Å²) in [5.41, 5.74) is 0. The van der Waals surface area contributed by atoms with Crippen LogP contribution in [-0.2, 0) is 16.4 Å². The van der Waals surface area contributed by atoms with Crippen molar-refractivity contribution < 1.29 is 22.7 Å². The molecule has 0 unspecified atom stereocenters. The molecule has 2 aliphatic heterocycles. The van der Waals surface area contributed by atoms with Crippen molar-refractivity contribution in [1.29, 1.82) is 0 Å². The summed E-state index contributed by atoms with van der Waals surface area (Å²) in [7, 11) is -3.13. The number of fused-ring (bicyclic) bond motifs is 1. The van der Waals surface area contributed by atoms with Gasteiger partial charge in [0.2, 0.25) is 0 Å². The number of carbonyl (C=O) groups excluding carboxylic acids is 1. The van der Waals surface area contributed by atoms with Crippen LogP contribution in [0.3, 0.4) is 0 Å². The molecule has 0 radical (unpaired) electrons. The van der Waals surface area contributed by atoms with Crippen molar-refractivity contribution in [3.63, 3.8) is 0 Å². The lowest BCUT2D eigenvalue weighted by atomic mass is 10.0. The van der Waals surface area contributed by atoms with E-state index in [-0.39, 0.29) is 41.9 Å². The molecular weight excluding hydrogens is 320 g/mol. The number of hydrogen-bond donors (Lipinski definition) is 1. The monoisotopic (exact) mass is 342 g/mol. The fraction of sp³-hybridized carbons (Fsp3) is 0.667. The fourth-order valence-electron chi connectivity index (χ4n) is 3.56. The third-order valence-corrected chi connectivity index (χ3v) is 6.29. The Balaban J connectivity index is 1.84. The van der Waals surface area contributed by atoms with Gasteiger partial charge >= 0.3 is 0 Å². The quantitative estimate of drug-likeness (QED) is 0.835. The van der Waals surface area contributed by atoms with Gasteiger partial charge in [-0.15, -0.1) is 0 Å². The maximum atomic E-state index is 12.7. The Morgan fingerprint density at radius 2 is 2.04 bits per heavy atom. The van der Waals surface area contributed by atoms with Crippen LogP contribution in [0.4, 0.5) is 0 Å². The predicted octanol–water partition coefficient (Wildman–Crippen LogP) is 0.105. The van der Waals surface area contributed by atoms with E-state index in [4.69, 9.17) is 9.52 Å². The van der Waals surface area contributed by atoms with Crippen molar-refractivity contribution in [2.24, 2.45) is 0 Å². The average molecular weight is 342 g/mol. The van der Waals surface area contributed by atoms with Crippen LogP contribution in [0.5, 0.6) is 0 Å². The Morgan fingerprint density at radius 1 is 1.30 bits per heavy atom. The van der Waals surface area contributed by atoms with E-state index in [1.165, 1.54) is 6.07 Å². The smallest absolute Gasteiger partial charge is 0.289 e. The Kier molecular flexibility index (Phi) is 4.48. The third-order valence-electron chi connectivity index (χ3n) is 4.59. The van der Waals surface area contributed by atoms with E-state index >= 15 is 0 Å². The molecule has 0 bridgehead atoms. The molecule has 0 saturated carbocycles. The summed E-state index contributed by atoms with van der Waals surface area (Å²) in [5.74, 6) is 0.307. The molecule has 1 amide bonds. The van der Waals surface area contributed by atoms with Crippen molar-refractivity contribution >= 4 is 15.7 Å². The van der Waals surface area contributed by atoms with Gasteiger partial charge in [0.05, 0.1) is 17.5 Å². The zero-order valence-corrected chi connectivity index (χ0v) is 14.0. The second kappa shape index (κ2) is 6.26. The molecule has 1 aromatic heterocycles. The number of amides is 1. The standard InChI is InChI=1S/C15H22N2O5S/c1-2-5-16-6-7-17(13-10-23(20,21)9-12(13)16)15(19)14-4-3-11(8-18)22-14/h3-4,12-13,18H,2,5-10H2,1H3/t12-,13+/m0/s1. The molecule has 2 fully saturated rings. The molecule has 7 nitrogen and oxygen atoms in total. The van der Waals surface area contributed by atoms with Gasteiger partial charge in [-0.3, -0.25) is 9.69 Å². The SMILES string of the molecule is CCCN1CCN(C(=O)c2ccc(CO)o2)[C@@H]2CS(=O)(=O)C[C@@H]21. The minimum atomic E-state index is -3.13. The zero-order valence-electron chi connectivity index (χ0n) is 13.1. The maximum absolute atomic E-state index is 12.7. The van der Waals surface area contributed by atoms with Gasteiger partial charge in [-0.25, -0.2) is 8.42 Å². The van der Waals surface area contributed by atoms with Gasteiger partial charge in [0, 0.05) is 19.1 Å². The Hall–Kier alpha value is -1.38. The highest BCUT2D eigenvalue weighted by atomic mass is 32.2. The lowest BCUT2D eigenvalue weighted by molar-refractivity contribution is 0.0306. The van der Waals surface area contributed by atoms with Crippen LogP contribution < -0.4 is 0 Å². The largest absolute Gasteiger partial charge is 0.453 e. The fourth-order valence-corrected chi connectivity index (χ4v) is 5.57. The predicted molar refractivity (Wildman–Crippen MR) is 83.8 cm³/mol. The van der Waals surface area contributed by atoms with Crippen LogP contribution in [0.25, 0.3) is 0 Å². The van der Waals surface area contributed by atoms with Crippen molar-refractivity contribution in [1.82, 2.24) is 9.80 Å². The van der Waals surface area contributed by atoms with Gasteiger partial charge in [-0.1, -0.05) is 6.92 Å². The van der Waals surface area contributed by atoms with Crippen molar-refractivity contribution in [2.45, 2.75) is 32.0 Å².